The third kappa shape index (κ3) is 6.66. The highest BCUT2D eigenvalue weighted by Gasteiger charge is 2.30. The summed E-state index contributed by atoms with van der Waals surface area (Å²) in [5, 5.41) is 0. The van der Waals surface area contributed by atoms with E-state index in [1.54, 1.807) is 0 Å². The Hall–Kier alpha value is -1.69. The minimum atomic E-state index is -4.29. The summed E-state index contributed by atoms with van der Waals surface area (Å²) < 4.78 is 37.7. The average molecular weight is 403 g/mol. The van der Waals surface area contributed by atoms with Crippen molar-refractivity contribution in [2.24, 2.45) is 23.7 Å². The Labute approximate surface area is 174 Å². The largest absolute Gasteiger partial charge is 0.416 e. The van der Waals surface area contributed by atoms with Crippen LogP contribution in [0.5, 0.6) is 0 Å². The Balaban J connectivity index is 1.41. The first kappa shape index (κ1) is 22.0. The van der Waals surface area contributed by atoms with Crippen molar-refractivity contribution in [2.45, 2.75) is 77.3 Å². The number of allylic oxidation sites excluding steroid dienone is 2. The Morgan fingerprint density at radius 3 is 2.03 bits per heavy atom. The predicted molar refractivity (Wildman–Crippen MR) is 113 cm³/mol. The third-order valence-corrected chi connectivity index (χ3v) is 6.95. The highest BCUT2D eigenvalue weighted by molar-refractivity contribution is 5.39. The number of rotatable bonds is 4. The van der Waals surface area contributed by atoms with Crippen LogP contribution in [0.15, 0.2) is 36.4 Å². The van der Waals surface area contributed by atoms with Gasteiger partial charge in [-0.1, -0.05) is 50.5 Å². The van der Waals surface area contributed by atoms with Crippen molar-refractivity contribution in [3.63, 3.8) is 0 Å². The number of alkyl halides is 3. The van der Waals surface area contributed by atoms with E-state index in [-0.39, 0.29) is 0 Å². The number of hydrogen-bond acceptors (Lipinski definition) is 0. The van der Waals surface area contributed by atoms with E-state index in [1.807, 2.05) is 6.08 Å². The van der Waals surface area contributed by atoms with Crippen LogP contribution in [-0.2, 0) is 6.18 Å². The van der Waals surface area contributed by atoms with Gasteiger partial charge in [0.25, 0.3) is 0 Å². The monoisotopic (exact) mass is 402 g/mol. The highest BCUT2D eigenvalue weighted by atomic mass is 19.4. The molecule has 1 aromatic rings. The van der Waals surface area contributed by atoms with Gasteiger partial charge in [0.1, 0.15) is 0 Å². The molecule has 0 heterocycles. The van der Waals surface area contributed by atoms with Crippen molar-refractivity contribution >= 4 is 0 Å². The smallest absolute Gasteiger partial charge is 0.166 e. The summed E-state index contributed by atoms with van der Waals surface area (Å²) in [6.07, 6.45) is 13.5. The topological polar surface area (TPSA) is 0 Å². The van der Waals surface area contributed by atoms with Gasteiger partial charge in [0.15, 0.2) is 0 Å². The lowest BCUT2D eigenvalue weighted by atomic mass is 9.69. The highest BCUT2D eigenvalue weighted by Crippen LogP contribution is 2.42. The van der Waals surface area contributed by atoms with Crippen molar-refractivity contribution in [3.8, 4) is 11.8 Å². The Morgan fingerprint density at radius 2 is 1.48 bits per heavy atom. The van der Waals surface area contributed by atoms with Crippen LogP contribution in [0, 0.1) is 35.5 Å². The molecule has 3 rings (SSSR count). The molecule has 0 radical (unpaired) electrons. The molecule has 1 aromatic carbocycles. The van der Waals surface area contributed by atoms with Gasteiger partial charge < -0.3 is 0 Å². The van der Waals surface area contributed by atoms with Gasteiger partial charge in [-0.05, 0) is 92.5 Å². The van der Waals surface area contributed by atoms with Gasteiger partial charge in [-0.3, -0.25) is 0 Å². The molecule has 0 nitrogen and oxygen atoms in total. The van der Waals surface area contributed by atoms with E-state index < -0.39 is 11.7 Å². The van der Waals surface area contributed by atoms with Crippen molar-refractivity contribution in [3.05, 3.63) is 47.5 Å². The second-order valence-corrected chi connectivity index (χ2v) is 8.95. The first-order valence-corrected chi connectivity index (χ1v) is 11.3. The van der Waals surface area contributed by atoms with E-state index in [1.165, 1.54) is 76.3 Å². The fourth-order valence-corrected chi connectivity index (χ4v) is 5.22. The van der Waals surface area contributed by atoms with E-state index >= 15 is 0 Å². The lowest BCUT2D eigenvalue weighted by Gasteiger charge is -2.37. The predicted octanol–water partition coefficient (Wildman–Crippen LogP) is 8.03. The molecule has 2 fully saturated rings. The normalized spacial score (nSPS) is 28.1. The van der Waals surface area contributed by atoms with Crippen molar-refractivity contribution in [1.82, 2.24) is 0 Å². The maximum absolute atomic E-state index is 12.6. The molecule has 158 valence electrons. The van der Waals surface area contributed by atoms with Gasteiger partial charge >= 0.3 is 6.18 Å². The zero-order valence-electron chi connectivity index (χ0n) is 17.5. The van der Waals surface area contributed by atoms with Crippen molar-refractivity contribution in [2.75, 3.05) is 0 Å². The van der Waals surface area contributed by atoms with Crippen molar-refractivity contribution < 1.29 is 13.2 Å². The zero-order valence-corrected chi connectivity index (χ0v) is 17.5. The van der Waals surface area contributed by atoms with Gasteiger partial charge in [0, 0.05) is 5.56 Å². The summed E-state index contributed by atoms with van der Waals surface area (Å²) in [6, 6.07) is 5.05. The zero-order chi connectivity index (χ0) is 20.7. The molecule has 2 aliphatic rings. The van der Waals surface area contributed by atoms with E-state index in [0.717, 1.165) is 29.9 Å². The van der Waals surface area contributed by atoms with Crippen LogP contribution in [0.2, 0.25) is 0 Å². The summed E-state index contributed by atoms with van der Waals surface area (Å²) in [6.45, 7) is 2.30. The molecule has 2 aliphatic carbocycles. The van der Waals surface area contributed by atoms with Crippen LogP contribution < -0.4 is 0 Å². The molecular weight excluding hydrogens is 369 g/mol. The molecule has 2 saturated carbocycles. The summed E-state index contributed by atoms with van der Waals surface area (Å²) >= 11 is 0. The molecule has 0 amide bonds. The van der Waals surface area contributed by atoms with Gasteiger partial charge in [0.05, 0.1) is 5.56 Å². The van der Waals surface area contributed by atoms with Crippen LogP contribution in [-0.4, -0.2) is 0 Å². The van der Waals surface area contributed by atoms with Gasteiger partial charge in [-0.2, -0.15) is 13.2 Å². The Kier molecular flexibility index (Phi) is 7.87. The molecule has 3 heteroatoms. The second kappa shape index (κ2) is 10.4. The maximum Gasteiger partial charge on any atom is 0.416 e. The molecule has 0 atom stereocenters. The van der Waals surface area contributed by atoms with Gasteiger partial charge in [0.2, 0.25) is 0 Å². The first-order chi connectivity index (χ1) is 14.0. The van der Waals surface area contributed by atoms with Crippen molar-refractivity contribution in [1.29, 1.82) is 0 Å². The molecule has 29 heavy (non-hydrogen) atoms. The Bertz CT molecular complexity index is 701. The second-order valence-electron chi connectivity index (χ2n) is 8.95. The average Bonchev–Trinajstić information content (AvgIpc) is 2.72. The molecule has 0 unspecified atom stereocenters. The standard InChI is InChI=1S/C26H33F3/c1-2-5-20-8-14-23(15-9-20)24-16-10-21(11-17-24)6-3-4-7-22-12-18-25(19-13-22)26(27,28)29/h3,6,12-13,18-21,23-24H,2,5,8-11,14-17H2,1H3/b6-3+. The first-order valence-electron chi connectivity index (χ1n) is 11.3. The molecule has 0 aliphatic heterocycles. The van der Waals surface area contributed by atoms with Crippen LogP contribution >= 0.6 is 0 Å². The minimum absolute atomic E-state index is 0.601. The van der Waals surface area contributed by atoms with E-state index in [9.17, 15) is 13.2 Å². The molecule has 0 spiro atoms. The molecular formula is C26H33F3. The number of hydrogen-bond donors (Lipinski definition) is 0. The van der Waals surface area contributed by atoms with Gasteiger partial charge in [-0.15, -0.1) is 0 Å². The van der Waals surface area contributed by atoms with Gasteiger partial charge in [-0.25, -0.2) is 0 Å². The fraction of sp³-hybridized carbons (Fsp3) is 0.615. The summed E-state index contributed by atoms with van der Waals surface area (Å²) in [5.41, 5.74) is -0.0146. The van der Waals surface area contributed by atoms with E-state index in [0.29, 0.717) is 11.5 Å². The van der Waals surface area contributed by atoms with E-state index in [4.69, 9.17) is 0 Å². The summed E-state index contributed by atoms with van der Waals surface area (Å²) in [4.78, 5) is 0. The molecule has 0 saturated heterocycles. The molecule has 0 bridgehead atoms. The fourth-order valence-electron chi connectivity index (χ4n) is 5.22. The van der Waals surface area contributed by atoms with Crippen LogP contribution in [0.4, 0.5) is 13.2 Å². The van der Waals surface area contributed by atoms with Crippen LogP contribution in [0.1, 0.15) is 82.3 Å². The quantitative estimate of drug-likeness (QED) is 0.447. The van der Waals surface area contributed by atoms with E-state index in [2.05, 4.69) is 24.8 Å². The maximum atomic E-state index is 12.6. The minimum Gasteiger partial charge on any atom is -0.166 e. The van der Waals surface area contributed by atoms with Crippen LogP contribution in [0.25, 0.3) is 0 Å². The molecule has 0 aromatic heterocycles. The summed E-state index contributed by atoms with van der Waals surface area (Å²) in [5.74, 6) is 9.38. The summed E-state index contributed by atoms with van der Waals surface area (Å²) in [7, 11) is 0. The van der Waals surface area contributed by atoms with Crippen LogP contribution in [0.3, 0.4) is 0 Å². The SMILES string of the molecule is CCCC1CCC(C2CCC(/C=C/C#Cc3ccc(C(F)(F)F)cc3)CC2)CC1. The lowest BCUT2D eigenvalue weighted by Crippen LogP contribution is -2.25. The lowest BCUT2D eigenvalue weighted by molar-refractivity contribution is -0.137. The Morgan fingerprint density at radius 1 is 0.897 bits per heavy atom. The number of halogens is 3. The molecule has 0 N–H and O–H groups in total. The third-order valence-electron chi connectivity index (χ3n) is 6.95. The number of benzene rings is 1.